The Kier molecular flexibility index (Phi) is 6.87. The van der Waals surface area contributed by atoms with Gasteiger partial charge in [0.15, 0.2) is 0 Å². The lowest BCUT2D eigenvalue weighted by Gasteiger charge is -2.34. The molecule has 31 heavy (non-hydrogen) atoms. The van der Waals surface area contributed by atoms with Crippen LogP contribution < -0.4 is 10.0 Å². The number of benzene rings is 2. The van der Waals surface area contributed by atoms with E-state index in [1.54, 1.807) is 4.90 Å². The van der Waals surface area contributed by atoms with Crippen molar-refractivity contribution in [3.05, 3.63) is 65.7 Å². The number of amides is 2. The molecule has 1 heterocycles. The zero-order valence-electron chi connectivity index (χ0n) is 17.7. The number of carbonyl (C=O) groups excluding carboxylic acids is 2. The van der Waals surface area contributed by atoms with Gasteiger partial charge in [0.1, 0.15) is 0 Å². The smallest absolute Gasteiger partial charge is 0.324 e. The van der Waals surface area contributed by atoms with E-state index in [4.69, 9.17) is 4.74 Å². The highest BCUT2D eigenvalue weighted by Crippen LogP contribution is 2.37. The molecule has 164 valence electrons. The summed E-state index contributed by atoms with van der Waals surface area (Å²) >= 11 is 0. The number of hydrogen-bond donors (Lipinski definition) is 0. The Morgan fingerprint density at radius 2 is 1.65 bits per heavy atom. The SMILES string of the molecule is O=C([O-])C1CCCCC1c1ccc(CN(C(=O)N2CCOCC2)c2ccccc2)cc1. The zero-order valence-corrected chi connectivity index (χ0v) is 17.7. The molecule has 0 spiro atoms. The molecular formula is C25H29N2O4-. The Morgan fingerprint density at radius 1 is 0.968 bits per heavy atom. The number of hydrogen-bond acceptors (Lipinski definition) is 4. The number of nitrogens with zero attached hydrogens (tertiary/aromatic N) is 2. The number of carbonyl (C=O) groups is 2. The Hall–Kier alpha value is -2.86. The van der Waals surface area contributed by atoms with E-state index in [-0.39, 0.29) is 11.9 Å². The number of ether oxygens (including phenoxy) is 1. The number of anilines is 1. The lowest BCUT2D eigenvalue weighted by molar-refractivity contribution is -0.313. The molecule has 1 aliphatic heterocycles. The summed E-state index contributed by atoms with van der Waals surface area (Å²) in [5.41, 5.74) is 2.91. The number of aliphatic carboxylic acids is 1. The Balaban J connectivity index is 1.53. The second-order valence-electron chi connectivity index (χ2n) is 8.36. The van der Waals surface area contributed by atoms with Crippen molar-refractivity contribution in [2.45, 2.75) is 38.1 Å². The summed E-state index contributed by atoms with van der Waals surface area (Å²) in [6.07, 6.45) is 3.56. The molecule has 2 atom stereocenters. The first-order valence-corrected chi connectivity index (χ1v) is 11.1. The summed E-state index contributed by atoms with van der Waals surface area (Å²) in [5, 5.41) is 11.6. The third-order valence-electron chi connectivity index (χ3n) is 6.40. The van der Waals surface area contributed by atoms with E-state index < -0.39 is 11.9 Å². The lowest BCUT2D eigenvalue weighted by Crippen LogP contribution is -2.48. The fraction of sp³-hybridized carbons (Fsp3) is 0.440. The molecule has 1 saturated heterocycles. The second kappa shape index (κ2) is 9.96. The van der Waals surface area contributed by atoms with Crippen molar-refractivity contribution in [3.63, 3.8) is 0 Å². The quantitative estimate of drug-likeness (QED) is 0.743. The number of urea groups is 1. The Bertz CT molecular complexity index is 878. The van der Waals surface area contributed by atoms with E-state index >= 15 is 0 Å². The van der Waals surface area contributed by atoms with Gasteiger partial charge in [-0.3, -0.25) is 4.90 Å². The summed E-state index contributed by atoms with van der Waals surface area (Å²) in [5.74, 6) is -1.35. The molecule has 0 bridgehead atoms. The van der Waals surface area contributed by atoms with E-state index in [0.717, 1.165) is 36.1 Å². The van der Waals surface area contributed by atoms with Gasteiger partial charge in [0, 0.05) is 30.7 Å². The highest BCUT2D eigenvalue weighted by Gasteiger charge is 2.28. The number of morpholine rings is 1. The van der Waals surface area contributed by atoms with Crippen molar-refractivity contribution in [2.24, 2.45) is 5.92 Å². The van der Waals surface area contributed by atoms with Crippen LogP contribution in [0.25, 0.3) is 0 Å². The van der Waals surface area contributed by atoms with E-state index in [9.17, 15) is 14.7 Å². The van der Waals surface area contributed by atoms with Crippen LogP contribution in [0.5, 0.6) is 0 Å². The number of carboxylic acid groups (broad SMARTS) is 1. The first-order valence-electron chi connectivity index (χ1n) is 11.1. The molecule has 2 amide bonds. The fourth-order valence-electron chi connectivity index (χ4n) is 4.67. The summed E-state index contributed by atoms with van der Waals surface area (Å²) in [7, 11) is 0. The molecule has 0 aromatic heterocycles. The van der Waals surface area contributed by atoms with Crippen LogP contribution >= 0.6 is 0 Å². The molecule has 1 saturated carbocycles. The van der Waals surface area contributed by atoms with Gasteiger partial charge in [-0.2, -0.15) is 0 Å². The Labute approximate surface area is 183 Å². The molecular weight excluding hydrogens is 392 g/mol. The van der Waals surface area contributed by atoms with Gasteiger partial charge in [-0.25, -0.2) is 4.79 Å². The summed E-state index contributed by atoms with van der Waals surface area (Å²) in [6.45, 7) is 2.75. The van der Waals surface area contributed by atoms with Crippen LogP contribution in [-0.4, -0.2) is 43.2 Å². The van der Waals surface area contributed by atoms with Crippen LogP contribution in [0.1, 0.15) is 42.7 Å². The predicted octanol–water partition coefficient (Wildman–Crippen LogP) is 3.17. The van der Waals surface area contributed by atoms with Gasteiger partial charge in [-0.1, -0.05) is 55.3 Å². The summed E-state index contributed by atoms with van der Waals surface area (Å²) in [4.78, 5) is 28.5. The van der Waals surface area contributed by atoms with Crippen LogP contribution in [0.15, 0.2) is 54.6 Å². The molecule has 0 radical (unpaired) electrons. The van der Waals surface area contributed by atoms with Crippen molar-refractivity contribution in [1.82, 2.24) is 4.90 Å². The fourth-order valence-corrected chi connectivity index (χ4v) is 4.67. The number of carboxylic acids is 1. The monoisotopic (exact) mass is 421 g/mol. The van der Waals surface area contributed by atoms with Gasteiger partial charge in [-0.05, 0) is 42.0 Å². The van der Waals surface area contributed by atoms with Gasteiger partial charge in [0.2, 0.25) is 0 Å². The van der Waals surface area contributed by atoms with E-state index in [1.165, 1.54) is 0 Å². The molecule has 2 aromatic carbocycles. The first kappa shape index (κ1) is 21.4. The largest absolute Gasteiger partial charge is 0.550 e. The lowest BCUT2D eigenvalue weighted by atomic mass is 9.75. The first-order chi connectivity index (χ1) is 15.1. The van der Waals surface area contributed by atoms with Gasteiger partial charge in [-0.15, -0.1) is 0 Å². The van der Waals surface area contributed by atoms with Gasteiger partial charge in [0.05, 0.1) is 19.8 Å². The molecule has 0 N–H and O–H groups in total. The average Bonchev–Trinajstić information content (AvgIpc) is 2.83. The molecule has 2 aliphatic rings. The topological polar surface area (TPSA) is 72.9 Å². The zero-order chi connectivity index (χ0) is 21.6. The van der Waals surface area contributed by atoms with Crippen LogP contribution in [0.4, 0.5) is 10.5 Å². The molecule has 6 nitrogen and oxygen atoms in total. The normalized spacial score (nSPS) is 21.5. The maximum Gasteiger partial charge on any atom is 0.324 e. The molecule has 2 unspecified atom stereocenters. The summed E-state index contributed by atoms with van der Waals surface area (Å²) < 4.78 is 5.39. The van der Waals surface area contributed by atoms with Crippen molar-refractivity contribution >= 4 is 17.7 Å². The molecule has 4 rings (SSSR count). The Morgan fingerprint density at radius 3 is 2.32 bits per heavy atom. The maximum absolute atomic E-state index is 13.3. The van der Waals surface area contributed by atoms with Gasteiger partial charge >= 0.3 is 6.03 Å². The third kappa shape index (κ3) is 5.07. The molecule has 1 aliphatic carbocycles. The highest BCUT2D eigenvalue weighted by atomic mass is 16.5. The molecule has 2 fully saturated rings. The highest BCUT2D eigenvalue weighted by molar-refractivity contribution is 5.92. The van der Waals surface area contributed by atoms with Crippen LogP contribution in [0.2, 0.25) is 0 Å². The average molecular weight is 422 g/mol. The summed E-state index contributed by atoms with van der Waals surface area (Å²) in [6, 6.07) is 17.7. The van der Waals surface area contributed by atoms with Crippen LogP contribution in [0, 0.1) is 5.92 Å². The minimum atomic E-state index is -0.944. The molecule has 2 aromatic rings. The third-order valence-corrected chi connectivity index (χ3v) is 6.40. The van der Waals surface area contributed by atoms with Crippen molar-refractivity contribution in [1.29, 1.82) is 0 Å². The van der Waals surface area contributed by atoms with Crippen LogP contribution in [-0.2, 0) is 16.1 Å². The number of para-hydroxylation sites is 1. The van der Waals surface area contributed by atoms with Crippen molar-refractivity contribution < 1.29 is 19.4 Å². The molecule has 6 heteroatoms. The predicted molar refractivity (Wildman–Crippen MR) is 117 cm³/mol. The maximum atomic E-state index is 13.3. The van der Waals surface area contributed by atoms with Crippen molar-refractivity contribution in [2.75, 3.05) is 31.2 Å². The van der Waals surface area contributed by atoms with Crippen molar-refractivity contribution in [3.8, 4) is 0 Å². The standard InChI is InChI=1S/C25H30N2O4/c28-24(29)23-9-5-4-8-22(23)20-12-10-19(11-13-20)18-27(21-6-2-1-3-7-21)25(30)26-14-16-31-17-15-26/h1-3,6-7,10-13,22-23H,4-5,8-9,14-18H2,(H,28,29)/p-1. The van der Waals surface area contributed by atoms with E-state index in [2.05, 4.69) is 0 Å². The van der Waals surface area contributed by atoms with E-state index in [1.807, 2.05) is 59.5 Å². The van der Waals surface area contributed by atoms with Gasteiger partial charge < -0.3 is 19.5 Å². The van der Waals surface area contributed by atoms with Crippen LogP contribution in [0.3, 0.4) is 0 Å². The number of rotatable bonds is 5. The minimum Gasteiger partial charge on any atom is -0.550 e. The van der Waals surface area contributed by atoms with Gasteiger partial charge in [0.25, 0.3) is 0 Å². The van der Waals surface area contributed by atoms with E-state index in [0.29, 0.717) is 39.3 Å². The minimum absolute atomic E-state index is 0.00742. The second-order valence-corrected chi connectivity index (χ2v) is 8.36.